The predicted octanol–water partition coefficient (Wildman–Crippen LogP) is 5.39. The number of carbonyl (C=O) groups excluding carboxylic acids is 1. The zero-order chi connectivity index (χ0) is 20.9. The molecule has 4 rings (SSSR count). The van der Waals surface area contributed by atoms with Crippen LogP contribution in [0.25, 0.3) is 0 Å². The molecule has 0 saturated heterocycles. The maximum Gasteiger partial charge on any atom is 0.236 e. The molecule has 0 bridgehead atoms. The number of aryl methyl sites for hydroxylation is 1. The lowest BCUT2D eigenvalue weighted by Crippen LogP contribution is -2.22. The molecule has 0 aliphatic carbocycles. The lowest BCUT2D eigenvalue weighted by Gasteiger charge is -2.19. The lowest BCUT2D eigenvalue weighted by molar-refractivity contribution is -0.116. The summed E-state index contributed by atoms with van der Waals surface area (Å²) in [6.45, 7) is 0. The Kier molecular flexibility index (Phi) is 6.16. The van der Waals surface area contributed by atoms with Crippen molar-refractivity contribution in [3.8, 4) is 0 Å². The molecule has 0 aliphatic rings. The smallest absolute Gasteiger partial charge is 0.236 e. The van der Waals surface area contributed by atoms with Crippen LogP contribution in [-0.2, 0) is 11.8 Å². The first kappa shape index (κ1) is 20.2. The van der Waals surface area contributed by atoms with Crippen molar-refractivity contribution >= 4 is 35.0 Å². The number of aromatic nitrogens is 3. The molecule has 5 nitrogen and oxygen atoms in total. The molecule has 4 aromatic rings. The summed E-state index contributed by atoms with van der Waals surface area (Å²) >= 11 is 7.65. The average molecular weight is 435 g/mol. The van der Waals surface area contributed by atoms with Crippen LogP contribution in [0.5, 0.6) is 0 Å². The molecule has 0 fully saturated rings. The minimum absolute atomic E-state index is 0.130. The van der Waals surface area contributed by atoms with Crippen molar-refractivity contribution in [3.63, 3.8) is 0 Å². The Labute approximate surface area is 184 Å². The predicted molar refractivity (Wildman–Crippen MR) is 120 cm³/mol. The first-order valence-corrected chi connectivity index (χ1v) is 10.5. The van der Waals surface area contributed by atoms with Crippen LogP contribution in [0.4, 0.5) is 5.69 Å². The molecular formula is C23H19ClN4OS. The van der Waals surface area contributed by atoms with Crippen LogP contribution in [0.3, 0.4) is 0 Å². The molecule has 1 amide bonds. The van der Waals surface area contributed by atoms with Crippen LogP contribution >= 0.6 is 23.4 Å². The van der Waals surface area contributed by atoms with Gasteiger partial charge in [0, 0.05) is 17.0 Å². The van der Waals surface area contributed by atoms with Crippen molar-refractivity contribution in [2.45, 2.75) is 16.0 Å². The Balaban J connectivity index is 1.67. The van der Waals surface area contributed by atoms with Gasteiger partial charge >= 0.3 is 0 Å². The monoisotopic (exact) mass is 434 g/mol. The highest BCUT2D eigenvalue weighted by atomic mass is 35.5. The van der Waals surface area contributed by atoms with Crippen LogP contribution in [0.1, 0.15) is 17.0 Å². The number of hydrogen-bond acceptors (Lipinski definition) is 4. The van der Waals surface area contributed by atoms with E-state index in [9.17, 15) is 4.79 Å². The Hall–Kier alpha value is -3.09. The fraction of sp³-hybridized carbons (Fsp3) is 0.0870. The van der Waals surface area contributed by atoms with E-state index in [2.05, 4.69) is 15.5 Å². The van der Waals surface area contributed by atoms with E-state index in [1.54, 1.807) is 18.5 Å². The minimum atomic E-state index is -0.445. The number of nitrogens with one attached hydrogen (secondary N) is 1. The third kappa shape index (κ3) is 4.56. The van der Waals surface area contributed by atoms with E-state index in [1.807, 2.05) is 78.3 Å². The molecule has 0 spiro atoms. The largest absolute Gasteiger partial charge is 0.324 e. The Bertz CT molecular complexity index is 1110. The number of benzene rings is 3. The van der Waals surface area contributed by atoms with Crippen molar-refractivity contribution in [1.29, 1.82) is 0 Å². The topological polar surface area (TPSA) is 59.8 Å². The normalized spacial score (nSPS) is 10.9. The third-order valence-corrected chi connectivity index (χ3v) is 5.96. The molecule has 30 heavy (non-hydrogen) atoms. The van der Waals surface area contributed by atoms with Gasteiger partial charge in [0.05, 0.1) is 11.6 Å². The van der Waals surface area contributed by atoms with Crippen molar-refractivity contribution in [3.05, 3.63) is 101 Å². The second-order valence-corrected chi connectivity index (χ2v) is 8.16. The van der Waals surface area contributed by atoms with Gasteiger partial charge in [-0.25, -0.2) is 0 Å². The van der Waals surface area contributed by atoms with Gasteiger partial charge < -0.3 is 9.88 Å². The van der Waals surface area contributed by atoms with Crippen LogP contribution < -0.4 is 5.32 Å². The summed E-state index contributed by atoms with van der Waals surface area (Å²) in [6, 6.07) is 24.9. The number of amides is 1. The first-order chi connectivity index (χ1) is 14.6. The standard InChI is InChI=1S/C23H19ClN4OS/c1-28-15-25-27-23(28)30-20-13-12-18(24)14-19(20)26-22(29)21(16-8-4-2-5-9-16)17-10-6-3-7-11-17/h2-15,21H,1H3,(H,26,29). The number of anilines is 1. The quantitative estimate of drug-likeness (QED) is 0.442. The van der Waals surface area contributed by atoms with Gasteiger partial charge in [-0.15, -0.1) is 10.2 Å². The molecule has 150 valence electrons. The summed E-state index contributed by atoms with van der Waals surface area (Å²) < 4.78 is 1.82. The van der Waals surface area contributed by atoms with Crippen LogP contribution in [-0.4, -0.2) is 20.7 Å². The fourth-order valence-corrected chi connectivity index (χ4v) is 4.15. The maximum absolute atomic E-state index is 13.4. The van der Waals surface area contributed by atoms with E-state index in [-0.39, 0.29) is 5.91 Å². The Morgan fingerprint density at radius 2 is 1.63 bits per heavy atom. The van der Waals surface area contributed by atoms with Crippen molar-refractivity contribution in [2.24, 2.45) is 7.05 Å². The van der Waals surface area contributed by atoms with Crippen molar-refractivity contribution in [1.82, 2.24) is 14.8 Å². The molecule has 1 N–H and O–H groups in total. The summed E-state index contributed by atoms with van der Waals surface area (Å²) in [5, 5.41) is 12.4. The van der Waals surface area contributed by atoms with Crippen LogP contribution in [0, 0.1) is 0 Å². The van der Waals surface area contributed by atoms with E-state index >= 15 is 0 Å². The molecule has 0 radical (unpaired) electrons. The second-order valence-electron chi connectivity index (χ2n) is 6.71. The van der Waals surface area contributed by atoms with E-state index in [1.165, 1.54) is 11.8 Å². The van der Waals surface area contributed by atoms with Crippen molar-refractivity contribution < 1.29 is 4.79 Å². The van der Waals surface area contributed by atoms with Gasteiger partial charge in [-0.2, -0.15) is 0 Å². The highest BCUT2D eigenvalue weighted by Crippen LogP contribution is 2.35. The second kappa shape index (κ2) is 9.15. The molecular weight excluding hydrogens is 416 g/mol. The first-order valence-electron chi connectivity index (χ1n) is 9.34. The molecule has 0 unspecified atom stereocenters. The summed E-state index contributed by atoms with van der Waals surface area (Å²) in [5.74, 6) is -0.575. The number of halogens is 1. The lowest BCUT2D eigenvalue weighted by atomic mass is 9.90. The highest BCUT2D eigenvalue weighted by molar-refractivity contribution is 7.99. The average Bonchev–Trinajstić information content (AvgIpc) is 3.16. The zero-order valence-electron chi connectivity index (χ0n) is 16.2. The van der Waals surface area contributed by atoms with E-state index in [0.29, 0.717) is 10.7 Å². The zero-order valence-corrected chi connectivity index (χ0v) is 17.8. The van der Waals surface area contributed by atoms with Gasteiger partial charge in [-0.1, -0.05) is 72.3 Å². The molecule has 1 aromatic heterocycles. The van der Waals surface area contributed by atoms with Crippen LogP contribution in [0.15, 0.2) is 95.2 Å². The Morgan fingerprint density at radius 3 is 2.20 bits per heavy atom. The van der Waals surface area contributed by atoms with Gasteiger partial charge in [-0.3, -0.25) is 4.79 Å². The molecule has 0 aliphatic heterocycles. The van der Waals surface area contributed by atoms with Crippen LogP contribution in [0.2, 0.25) is 5.02 Å². The van der Waals surface area contributed by atoms with Gasteiger partial charge in [0.1, 0.15) is 6.33 Å². The minimum Gasteiger partial charge on any atom is -0.324 e. The number of hydrogen-bond donors (Lipinski definition) is 1. The maximum atomic E-state index is 13.4. The number of nitrogens with zero attached hydrogens (tertiary/aromatic N) is 3. The molecule has 0 saturated carbocycles. The molecule has 1 heterocycles. The SMILES string of the molecule is Cn1cnnc1Sc1ccc(Cl)cc1NC(=O)C(c1ccccc1)c1ccccc1. The van der Waals surface area contributed by atoms with Gasteiger partial charge in [0.25, 0.3) is 0 Å². The van der Waals surface area contributed by atoms with Gasteiger partial charge in [-0.05, 0) is 41.1 Å². The van der Waals surface area contributed by atoms with Crippen molar-refractivity contribution in [2.75, 3.05) is 5.32 Å². The molecule has 7 heteroatoms. The van der Waals surface area contributed by atoms with E-state index in [0.717, 1.165) is 21.2 Å². The number of rotatable bonds is 6. The van der Waals surface area contributed by atoms with Gasteiger partial charge in [0.15, 0.2) is 5.16 Å². The summed E-state index contributed by atoms with van der Waals surface area (Å²) in [4.78, 5) is 14.3. The highest BCUT2D eigenvalue weighted by Gasteiger charge is 2.24. The van der Waals surface area contributed by atoms with E-state index in [4.69, 9.17) is 11.6 Å². The summed E-state index contributed by atoms with van der Waals surface area (Å²) in [5.41, 5.74) is 2.48. The third-order valence-electron chi connectivity index (χ3n) is 4.60. The molecule has 3 aromatic carbocycles. The van der Waals surface area contributed by atoms with E-state index < -0.39 is 5.92 Å². The molecule has 0 atom stereocenters. The Morgan fingerprint density at radius 1 is 1.00 bits per heavy atom. The fourth-order valence-electron chi connectivity index (χ4n) is 3.14. The summed E-state index contributed by atoms with van der Waals surface area (Å²) in [6.07, 6.45) is 1.64. The van der Waals surface area contributed by atoms with Gasteiger partial charge in [0.2, 0.25) is 5.91 Å². The number of carbonyl (C=O) groups is 1. The summed E-state index contributed by atoms with van der Waals surface area (Å²) in [7, 11) is 1.87.